The lowest BCUT2D eigenvalue weighted by molar-refractivity contribution is -0.138. The van der Waals surface area contributed by atoms with Crippen LogP contribution in [0, 0.1) is 5.92 Å². The molecule has 2 rings (SSSR count). The zero-order valence-electron chi connectivity index (χ0n) is 13.1. The van der Waals surface area contributed by atoms with Gasteiger partial charge in [-0.3, -0.25) is 14.4 Å². The first-order valence-electron chi connectivity index (χ1n) is 8.06. The Balaban J connectivity index is 1.84. The van der Waals surface area contributed by atoms with Crippen LogP contribution in [0.15, 0.2) is 12.7 Å². The molecule has 0 bridgehead atoms. The Morgan fingerprint density at radius 2 is 1.95 bits per heavy atom. The number of carbonyl (C=O) groups is 3. The number of piperidine rings is 1. The summed E-state index contributed by atoms with van der Waals surface area (Å²) in [6.45, 7) is 6.66. The van der Waals surface area contributed by atoms with Gasteiger partial charge in [-0.15, -0.1) is 6.58 Å². The molecule has 1 unspecified atom stereocenters. The summed E-state index contributed by atoms with van der Waals surface area (Å²) in [7, 11) is 0. The monoisotopic (exact) mass is 307 g/mol. The largest absolute Gasteiger partial charge is 0.355 e. The number of allylic oxidation sites excluding steroid dienone is 1. The minimum Gasteiger partial charge on any atom is -0.355 e. The van der Waals surface area contributed by atoms with E-state index >= 15 is 0 Å². The van der Waals surface area contributed by atoms with E-state index in [-0.39, 0.29) is 23.6 Å². The van der Waals surface area contributed by atoms with Crippen LogP contribution >= 0.6 is 0 Å². The Hall–Kier alpha value is -1.85. The molecule has 2 heterocycles. The van der Waals surface area contributed by atoms with E-state index in [4.69, 9.17) is 0 Å². The van der Waals surface area contributed by atoms with E-state index in [1.54, 1.807) is 6.08 Å². The van der Waals surface area contributed by atoms with E-state index in [1.807, 2.05) is 9.80 Å². The van der Waals surface area contributed by atoms with Crippen molar-refractivity contribution in [1.29, 1.82) is 0 Å². The van der Waals surface area contributed by atoms with Crippen LogP contribution < -0.4 is 5.32 Å². The van der Waals surface area contributed by atoms with Gasteiger partial charge in [0.2, 0.25) is 17.7 Å². The number of nitrogens with one attached hydrogen (secondary N) is 1. The van der Waals surface area contributed by atoms with Crippen molar-refractivity contribution in [3.8, 4) is 0 Å². The lowest BCUT2D eigenvalue weighted by Crippen LogP contribution is -2.46. The molecule has 0 aromatic rings. The zero-order valence-corrected chi connectivity index (χ0v) is 13.1. The van der Waals surface area contributed by atoms with Crippen LogP contribution in [-0.4, -0.2) is 60.2 Å². The summed E-state index contributed by atoms with van der Waals surface area (Å²) in [6.07, 6.45) is 4.80. The molecule has 1 atom stereocenters. The van der Waals surface area contributed by atoms with Gasteiger partial charge in [-0.25, -0.2) is 0 Å². The number of rotatable bonds is 4. The average Bonchev–Trinajstić information content (AvgIpc) is 2.78. The second-order valence-corrected chi connectivity index (χ2v) is 5.93. The molecule has 1 N–H and O–H groups in total. The SMILES string of the molecule is C=CCCC(=O)N1CCCN(C(=O)C2CCC(=O)NC2)CC1. The maximum atomic E-state index is 12.5. The van der Waals surface area contributed by atoms with Gasteiger partial charge in [0.1, 0.15) is 0 Å². The van der Waals surface area contributed by atoms with Crippen LogP contribution in [0.4, 0.5) is 0 Å². The molecule has 0 aliphatic carbocycles. The highest BCUT2D eigenvalue weighted by Crippen LogP contribution is 2.16. The third kappa shape index (κ3) is 4.32. The van der Waals surface area contributed by atoms with E-state index in [1.165, 1.54) is 0 Å². The minimum absolute atomic E-state index is 0.0268. The number of nitrogens with zero attached hydrogens (tertiary/aromatic N) is 2. The van der Waals surface area contributed by atoms with Gasteiger partial charge < -0.3 is 15.1 Å². The Kier molecular flexibility index (Phi) is 5.98. The van der Waals surface area contributed by atoms with Crippen molar-refractivity contribution in [2.24, 2.45) is 5.92 Å². The highest BCUT2D eigenvalue weighted by Gasteiger charge is 2.29. The molecule has 2 aliphatic rings. The molecular weight excluding hydrogens is 282 g/mol. The van der Waals surface area contributed by atoms with Gasteiger partial charge in [-0.2, -0.15) is 0 Å². The van der Waals surface area contributed by atoms with Gasteiger partial charge in [-0.1, -0.05) is 6.08 Å². The summed E-state index contributed by atoms with van der Waals surface area (Å²) in [5, 5.41) is 2.76. The van der Waals surface area contributed by atoms with Crippen LogP contribution in [-0.2, 0) is 14.4 Å². The number of hydrogen-bond acceptors (Lipinski definition) is 3. The van der Waals surface area contributed by atoms with E-state index in [0.29, 0.717) is 58.4 Å². The fraction of sp³-hybridized carbons (Fsp3) is 0.688. The first-order chi connectivity index (χ1) is 10.6. The molecule has 0 aromatic carbocycles. The summed E-state index contributed by atoms with van der Waals surface area (Å²) in [5.74, 6) is 0.166. The second-order valence-electron chi connectivity index (χ2n) is 5.93. The molecule has 2 saturated heterocycles. The van der Waals surface area contributed by atoms with E-state index in [9.17, 15) is 14.4 Å². The summed E-state index contributed by atoms with van der Waals surface area (Å²) < 4.78 is 0. The molecule has 2 fully saturated rings. The van der Waals surface area contributed by atoms with Crippen molar-refractivity contribution in [1.82, 2.24) is 15.1 Å². The molecular formula is C16H25N3O3. The lowest BCUT2D eigenvalue weighted by Gasteiger charge is -2.28. The fourth-order valence-electron chi connectivity index (χ4n) is 2.97. The maximum Gasteiger partial charge on any atom is 0.227 e. The van der Waals surface area contributed by atoms with E-state index in [0.717, 1.165) is 6.42 Å². The zero-order chi connectivity index (χ0) is 15.9. The van der Waals surface area contributed by atoms with Gasteiger partial charge in [0.25, 0.3) is 0 Å². The molecule has 6 nitrogen and oxygen atoms in total. The predicted molar refractivity (Wildman–Crippen MR) is 82.9 cm³/mol. The van der Waals surface area contributed by atoms with Gasteiger partial charge in [0.15, 0.2) is 0 Å². The van der Waals surface area contributed by atoms with Gasteiger partial charge in [-0.05, 0) is 19.3 Å². The lowest BCUT2D eigenvalue weighted by atomic mass is 9.97. The normalized spacial score (nSPS) is 22.7. The van der Waals surface area contributed by atoms with Gasteiger partial charge >= 0.3 is 0 Å². The molecule has 3 amide bonds. The fourth-order valence-corrected chi connectivity index (χ4v) is 2.97. The highest BCUT2D eigenvalue weighted by atomic mass is 16.2. The molecule has 0 radical (unpaired) electrons. The van der Waals surface area contributed by atoms with Crippen LogP contribution in [0.25, 0.3) is 0 Å². The molecule has 6 heteroatoms. The predicted octanol–water partition coefficient (Wildman–Crippen LogP) is 0.540. The standard InChI is InChI=1S/C16H25N3O3/c1-2-3-5-15(21)18-8-4-9-19(11-10-18)16(22)13-6-7-14(20)17-12-13/h2,13H,1,3-12H2,(H,17,20). The van der Waals surface area contributed by atoms with Crippen molar-refractivity contribution in [3.63, 3.8) is 0 Å². The quantitative estimate of drug-likeness (QED) is 0.771. The highest BCUT2D eigenvalue weighted by molar-refractivity contribution is 5.84. The maximum absolute atomic E-state index is 12.5. The summed E-state index contributed by atoms with van der Waals surface area (Å²) >= 11 is 0. The topological polar surface area (TPSA) is 69.7 Å². The average molecular weight is 307 g/mol. The molecule has 0 saturated carbocycles. The smallest absolute Gasteiger partial charge is 0.227 e. The second kappa shape index (κ2) is 7.96. The summed E-state index contributed by atoms with van der Waals surface area (Å²) in [4.78, 5) is 39.4. The van der Waals surface area contributed by atoms with Crippen molar-refractivity contribution >= 4 is 17.7 Å². The molecule has 22 heavy (non-hydrogen) atoms. The number of carbonyl (C=O) groups excluding carboxylic acids is 3. The van der Waals surface area contributed by atoms with Crippen molar-refractivity contribution in [2.75, 3.05) is 32.7 Å². The molecule has 0 aromatic heterocycles. The van der Waals surface area contributed by atoms with E-state index < -0.39 is 0 Å². The molecule has 0 spiro atoms. The third-order valence-corrected chi connectivity index (χ3v) is 4.34. The van der Waals surface area contributed by atoms with Gasteiger partial charge in [0.05, 0.1) is 5.92 Å². The Bertz CT molecular complexity index is 440. The van der Waals surface area contributed by atoms with Crippen LogP contribution in [0.3, 0.4) is 0 Å². The molecule has 2 aliphatic heterocycles. The Morgan fingerprint density at radius 3 is 2.64 bits per heavy atom. The minimum atomic E-state index is -0.110. The van der Waals surface area contributed by atoms with E-state index in [2.05, 4.69) is 11.9 Å². The van der Waals surface area contributed by atoms with Crippen LogP contribution in [0.1, 0.15) is 32.1 Å². The van der Waals surface area contributed by atoms with Crippen molar-refractivity contribution in [2.45, 2.75) is 32.1 Å². The third-order valence-electron chi connectivity index (χ3n) is 4.34. The Morgan fingerprint density at radius 1 is 1.23 bits per heavy atom. The number of hydrogen-bond donors (Lipinski definition) is 1. The summed E-state index contributed by atoms with van der Waals surface area (Å²) in [6, 6.07) is 0. The van der Waals surface area contributed by atoms with Crippen molar-refractivity contribution < 1.29 is 14.4 Å². The Labute approximate surface area is 131 Å². The summed E-state index contributed by atoms with van der Waals surface area (Å²) in [5.41, 5.74) is 0. The van der Waals surface area contributed by atoms with Gasteiger partial charge in [0, 0.05) is 45.6 Å². The van der Waals surface area contributed by atoms with Crippen LogP contribution in [0.5, 0.6) is 0 Å². The molecule has 122 valence electrons. The van der Waals surface area contributed by atoms with Crippen LogP contribution in [0.2, 0.25) is 0 Å². The first-order valence-corrected chi connectivity index (χ1v) is 8.06. The number of amides is 3. The van der Waals surface area contributed by atoms with Crippen molar-refractivity contribution in [3.05, 3.63) is 12.7 Å². The first kappa shape index (κ1) is 16.5.